The maximum absolute atomic E-state index is 12.1. The number of halogens is 2. The molecule has 0 fully saturated rings. The van der Waals surface area contributed by atoms with Crippen LogP contribution >= 0.6 is 31.9 Å². The molecule has 0 unspecified atom stereocenters. The van der Waals surface area contributed by atoms with Gasteiger partial charge < -0.3 is 5.73 Å². The Hall–Kier alpha value is -1.13. The highest BCUT2D eigenvalue weighted by atomic mass is 79.9. The average molecular weight is 369 g/mol. The Morgan fingerprint density at radius 1 is 1.00 bits per heavy atom. The van der Waals surface area contributed by atoms with E-state index in [1.807, 2.05) is 30.3 Å². The van der Waals surface area contributed by atoms with E-state index in [1.165, 1.54) is 0 Å². The van der Waals surface area contributed by atoms with Crippen LogP contribution in [-0.2, 0) is 6.42 Å². The quantitative estimate of drug-likeness (QED) is 0.651. The van der Waals surface area contributed by atoms with E-state index in [1.54, 1.807) is 12.1 Å². The molecule has 0 aliphatic carbocycles. The van der Waals surface area contributed by atoms with Crippen LogP contribution in [0.25, 0.3) is 0 Å². The van der Waals surface area contributed by atoms with Crippen molar-refractivity contribution in [1.29, 1.82) is 0 Å². The Labute approximate surface area is 122 Å². The number of benzene rings is 2. The molecule has 0 spiro atoms. The first kappa shape index (κ1) is 13.3. The van der Waals surface area contributed by atoms with Crippen LogP contribution in [0.15, 0.2) is 51.4 Å². The van der Waals surface area contributed by atoms with Crippen LogP contribution in [0.4, 0.5) is 5.69 Å². The number of ketones is 1. The third-order valence-corrected chi connectivity index (χ3v) is 3.61. The van der Waals surface area contributed by atoms with E-state index in [4.69, 9.17) is 5.73 Å². The van der Waals surface area contributed by atoms with E-state index in [0.717, 1.165) is 14.5 Å². The van der Waals surface area contributed by atoms with Crippen LogP contribution < -0.4 is 5.73 Å². The van der Waals surface area contributed by atoms with Crippen molar-refractivity contribution in [2.75, 3.05) is 5.73 Å². The van der Waals surface area contributed by atoms with Crippen LogP contribution in [0.1, 0.15) is 15.9 Å². The second-order valence-electron chi connectivity index (χ2n) is 3.96. The summed E-state index contributed by atoms with van der Waals surface area (Å²) in [4.78, 5) is 12.1. The summed E-state index contributed by atoms with van der Waals surface area (Å²) in [5.74, 6) is 0.0299. The molecule has 0 bridgehead atoms. The number of nitrogen functional groups attached to an aromatic ring is 1. The number of hydrogen-bond donors (Lipinski definition) is 1. The van der Waals surface area contributed by atoms with Crippen molar-refractivity contribution in [3.8, 4) is 0 Å². The second kappa shape index (κ2) is 5.67. The molecule has 0 aliphatic heterocycles. The summed E-state index contributed by atoms with van der Waals surface area (Å²) in [6.45, 7) is 0. The lowest BCUT2D eigenvalue weighted by Crippen LogP contribution is -2.06. The fourth-order valence-corrected chi connectivity index (χ4v) is 2.31. The summed E-state index contributed by atoms with van der Waals surface area (Å²) in [5.41, 5.74) is 7.90. The van der Waals surface area contributed by atoms with Gasteiger partial charge in [-0.05, 0) is 35.9 Å². The number of carbonyl (C=O) groups is 1. The van der Waals surface area contributed by atoms with E-state index in [0.29, 0.717) is 17.7 Å². The van der Waals surface area contributed by atoms with Crippen molar-refractivity contribution in [2.24, 2.45) is 0 Å². The largest absolute Gasteiger partial charge is 0.398 e. The molecule has 2 aromatic carbocycles. The molecule has 0 radical (unpaired) electrons. The zero-order valence-corrected chi connectivity index (χ0v) is 12.7. The molecule has 92 valence electrons. The molecule has 0 aromatic heterocycles. The summed E-state index contributed by atoms with van der Waals surface area (Å²) in [6.07, 6.45) is 0.360. The molecule has 0 saturated heterocycles. The molecule has 2 aromatic rings. The number of anilines is 1. The highest BCUT2D eigenvalue weighted by Gasteiger charge is 2.10. The summed E-state index contributed by atoms with van der Waals surface area (Å²) >= 11 is 6.69. The molecule has 0 amide bonds. The highest BCUT2D eigenvalue weighted by Crippen LogP contribution is 2.20. The van der Waals surface area contributed by atoms with Crippen LogP contribution in [0.2, 0.25) is 0 Å². The van der Waals surface area contributed by atoms with Gasteiger partial charge in [-0.25, -0.2) is 0 Å². The fraction of sp³-hybridized carbons (Fsp3) is 0.0714. The predicted molar refractivity (Wildman–Crippen MR) is 80.7 cm³/mol. The lowest BCUT2D eigenvalue weighted by Gasteiger charge is -2.05. The smallest absolute Gasteiger partial charge is 0.169 e. The number of rotatable bonds is 3. The predicted octanol–water partition coefficient (Wildman–Crippen LogP) is 4.22. The zero-order valence-electron chi connectivity index (χ0n) is 9.49. The normalized spacial score (nSPS) is 10.3. The van der Waals surface area contributed by atoms with Gasteiger partial charge in [-0.2, -0.15) is 0 Å². The van der Waals surface area contributed by atoms with Gasteiger partial charge in [0.05, 0.1) is 0 Å². The van der Waals surface area contributed by atoms with Crippen molar-refractivity contribution < 1.29 is 4.79 Å². The van der Waals surface area contributed by atoms with Gasteiger partial charge in [-0.3, -0.25) is 4.79 Å². The van der Waals surface area contributed by atoms with Crippen molar-refractivity contribution in [3.63, 3.8) is 0 Å². The zero-order chi connectivity index (χ0) is 13.1. The van der Waals surface area contributed by atoms with Gasteiger partial charge in [-0.15, -0.1) is 0 Å². The Morgan fingerprint density at radius 3 is 2.22 bits per heavy atom. The van der Waals surface area contributed by atoms with E-state index in [9.17, 15) is 4.79 Å². The molecule has 0 aliphatic rings. The van der Waals surface area contributed by atoms with Crippen molar-refractivity contribution >= 4 is 43.3 Å². The van der Waals surface area contributed by atoms with Crippen molar-refractivity contribution in [1.82, 2.24) is 0 Å². The van der Waals surface area contributed by atoms with Crippen LogP contribution in [-0.4, -0.2) is 5.78 Å². The van der Waals surface area contributed by atoms with Gasteiger partial charge in [0.1, 0.15) is 0 Å². The summed E-state index contributed by atoms with van der Waals surface area (Å²) in [6, 6.07) is 13.0. The Kier molecular flexibility index (Phi) is 4.19. The molecule has 0 heterocycles. The maximum Gasteiger partial charge on any atom is 0.169 e. The number of nitrogens with two attached hydrogens (primary N) is 1. The monoisotopic (exact) mass is 367 g/mol. The van der Waals surface area contributed by atoms with E-state index < -0.39 is 0 Å². The van der Waals surface area contributed by atoms with Gasteiger partial charge >= 0.3 is 0 Å². The van der Waals surface area contributed by atoms with Crippen LogP contribution in [0, 0.1) is 0 Å². The van der Waals surface area contributed by atoms with Crippen molar-refractivity contribution in [3.05, 3.63) is 62.5 Å². The Balaban J connectivity index is 2.19. The summed E-state index contributed by atoms with van der Waals surface area (Å²) in [5, 5.41) is 0. The molecule has 0 saturated carbocycles. The first-order chi connectivity index (χ1) is 8.56. The molecule has 2 rings (SSSR count). The van der Waals surface area contributed by atoms with Gasteiger partial charge in [0.15, 0.2) is 5.78 Å². The van der Waals surface area contributed by atoms with Gasteiger partial charge in [0.2, 0.25) is 0 Å². The van der Waals surface area contributed by atoms with E-state index in [-0.39, 0.29) is 5.78 Å². The molecule has 18 heavy (non-hydrogen) atoms. The fourth-order valence-electron chi connectivity index (χ4n) is 1.67. The second-order valence-corrected chi connectivity index (χ2v) is 5.79. The summed E-state index contributed by atoms with van der Waals surface area (Å²) in [7, 11) is 0. The molecule has 4 heteroatoms. The van der Waals surface area contributed by atoms with Crippen molar-refractivity contribution in [2.45, 2.75) is 6.42 Å². The lowest BCUT2D eigenvalue weighted by molar-refractivity contribution is 0.0994. The number of Topliss-reactive ketones (excluding diaryl/α,β-unsaturated/α-hetero) is 1. The summed E-state index contributed by atoms with van der Waals surface area (Å²) < 4.78 is 1.88. The minimum Gasteiger partial charge on any atom is -0.398 e. The first-order valence-electron chi connectivity index (χ1n) is 5.39. The minimum atomic E-state index is 0.0299. The minimum absolute atomic E-state index is 0.0299. The third kappa shape index (κ3) is 3.21. The lowest BCUT2D eigenvalue weighted by atomic mass is 10.0. The molecular formula is C14H11Br2NO. The molecule has 2 nitrogen and oxygen atoms in total. The molecule has 0 atom stereocenters. The number of hydrogen-bond acceptors (Lipinski definition) is 2. The Bertz CT molecular complexity index is 579. The standard InChI is InChI=1S/C14H11Br2NO/c15-10-3-1-9(2-4-10)7-14(18)12-6-5-11(16)8-13(12)17/h1-6,8H,7,17H2. The van der Waals surface area contributed by atoms with Gasteiger partial charge in [0.25, 0.3) is 0 Å². The first-order valence-corrected chi connectivity index (χ1v) is 6.97. The maximum atomic E-state index is 12.1. The number of carbonyl (C=O) groups excluding carboxylic acids is 1. The molecule has 2 N–H and O–H groups in total. The SMILES string of the molecule is Nc1cc(Br)ccc1C(=O)Cc1ccc(Br)cc1. The van der Waals surface area contributed by atoms with Crippen LogP contribution in [0.3, 0.4) is 0 Å². The third-order valence-electron chi connectivity index (χ3n) is 2.59. The van der Waals surface area contributed by atoms with E-state index >= 15 is 0 Å². The topological polar surface area (TPSA) is 43.1 Å². The van der Waals surface area contributed by atoms with Gasteiger partial charge in [-0.1, -0.05) is 44.0 Å². The van der Waals surface area contributed by atoms with Crippen LogP contribution in [0.5, 0.6) is 0 Å². The molecular weight excluding hydrogens is 358 g/mol. The average Bonchev–Trinajstić information content (AvgIpc) is 2.32. The van der Waals surface area contributed by atoms with E-state index in [2.05, 4.69) is 31.9 Å². The highest BCUT2D eigenvalue weighted by molar-refractivity contribution is 9.10. The Morgan fingerprint density at radius 2 is 1.61 bits per heavy atom. The van der Waals surface area contributed by atoms with Gasteiger partial charge in [0, 0.05) is 26.6 Å².